The number of carboxylic acid groups (broad SMARTS) is 1. The number of carbonyl (C=O) groups is 1. The van der Waals surface area contributed by atoms with Gasteiger partial charge in [0.15, 0.2) is 0 Å². The van der Waals surface area contributed by atoms with Crippen LogP contribution in [0.2, 0.25) is 0 Å². The lowest BCUT2D eigenvalue weighted by molar-refractivity contribution is -0.140. The number of hydrogen-bond donors (Lipinski definition) is 2. The highest BCUT2D eigenvalue weighted by molar-refractivity contribution is 5.74. The number of aliphatic carboxylic acids is 1. The highest BCUT2D eigenvalue weighted by Crippen LogP contribution is 2.52. The van der Waals surface area contributed by atoms with Gasteiger partial charge in [-0.3, -0.25) is 4.79 Å². The average Bonchev–Trinajstić information content (AvgIpc) is 2.94. The Bertz CT molecular complexity index is 425. The van der Waals surface area contributed by atoms with Gasteiger partial charge in [-0.15, -0.1) is 0 Å². The van der Waals surface area contributed by atoms with Crippen LogP contribution < -0.4 is 5.32 Å². The fourth-order valence-electron chi connectivity index (χ4n) is 2.99. The first-order chi connectivity index (χ1) is 9.77. The minimum atomic E-state index is -0.745. The molecular weight excluding hydrogens is 254 g/mol. The normalized spacial score (nSPS) is 28.0. The lowest BCUT2D eigenvalue weighted by Crippen LogP contribution is -2.40. The zero-order valence-corrected chi connectivity index (χ0v) is 12.1. The van der Waals surface area contributed by atoms with E-state index in [0.29, 0.717) is 18.4 Å². The topological polar surface area (TPSA) is 58.6 Å². The van der Waals surface area contributed by atoms with E-state index >= 15 is 0 Å². The Kier molecular flexibility index (Phi) is 5.15. The van der Waals surface area contributed by atoms with Gasteiger partial charge < -0.3 is 15.2 Å². The van der Waals surface area contributed by atoms with Gasteiger partial charge in [0.2, 0.25) is 0 Å². The SMILES string of the molecule is CC.O=C(O)C(NCc1ccccc1)C1C2COCC21. The van der Waals surface area contributed by atoms with E-state index in [0.717, 1.165) is 18.8 Å². The molecule has 0 radical (unpaired) electrons. The Morgan fingerprint density at radius 2 is 1.90 bits per heavy atom. The second-order valence-corrected chi connectivity index (χ2v) is 5.12. The number of nitrogens with one attached hydrogen (secondary N) is 1. The molecular formula is C16H23NO3. The van der Waals surface area contributed by atoms with Gasteiger partial charge >= 0.3 is 5.97 Å². The molecule has 4 nitrogen and oxygen atoms in total. The monoisotopic (exact) mass is 277 g/mol. The summed E-state index contributed by atoms with van der Waals surface area (Å²) in [6.07, 6.45) is 0. The van der Waals surface area contributed by atoms with Crippen molar-refractivity contribution >= 4 is 5.97 Å². The van der Waals surface area contributed by atoms with E-state index < -0.39 is 12.0 Å². The van der Waals surface area contributed by atoms with Gasteiger partial charge in [0.25, 0.3) is 0 Å². The summed E-state index contributed by atoms with van der Waals surface area (Å²) >= 11 is 0. The predicted octanol–water partition coefficient (Wildman–Crippen LogP) is 2.15. The van der Waals surface area contributed by atoms with Crippen LogP contribution in [0.1, 0.15) is 19.4 Å². The number of fused-ring (bicyclic) bond motifs is 1. The average molecular weight is 277 g/mol. The summed E-state index contributed by atoms with van der Waals surface area (Å²) in [5, 5.41) is 12.5. The van der Waals surface area contributed by atoms with Crippen molar-refractivity contribution in [2.75, 3.05) is 13.2 Å². The maximum atomic E-state index is 11.3. The maximum absolute atomic E-state index is 11.3. The summed E-state index contributed by atoms with van der Waals surface area (Å²) in [6.45, 7) is 6.06. The Labute approximate surface area is 120 Å². The Morgan fingerprint density at radius 1 is 1.30 bits per heavy atom. The maximum Gasteiger partial charge on any atom is 0.321 e. The summed E-state index contributed by atoms with van der Waals surface area (Å²) in [6, 6.07) is 9.45. The predicted molar refractivity (Wildman–Crippen MR) is 77.3 cm³/mol. The molecule has 1 aliphatic heterocycles. The third-order valence-corrected chi connectivity index (χ3v) is 4.04. The van der Waals surface area contributed by atoms with E-state index in [2.05, 4.69) is 5.32 Å². The summed E-state index contributed by atoms with van der Waals surface area (Å²) in [5.74, 6) is 0.411. The molecule has 1 saturated carbocycles. The molecule has 2 fully saturated rings. The van der Waals surface area contributed by atoms with Gasteiger partial charge in [-0.25, -0.2) is 0 Å². The number of carboxylic acids is 1. The Balaban J connectivity index is 0.000000704. The molecule has 1 aliphatic carbocycles. The van der Waals surface area contributed by atoms with E-state index in [4.69, 9.17) is 4.74 Å². The van der Waals surface area contributed by atoms with Crippen LogP contribution in [0.5, 0.6) is 0 Å². The molecule has 3 rings (SSSR count). The lowest BCUT2D eigenvalue weighted by atomic mass is 10.1. The van der Waals surface area contributed by atoms with Crippen LogP contribution in [0.4, 0.5) is 0 Å². The highest BCUT2D eigenvalue weighted by Gasteiger charge is 2.58. The van der Waals surface area contributed by atoms with Crippen molar-refractivity contribution in [3.8, 4) is 0 Å². The second kappa shape index (κ2) is 6.86. The summed E-state index contributed by atoms with van der Waals surface area (Å²) in [5.41, 5.74) is 1.12. The number of benzene rings is 1. The minimum Gasteiger partial charge on any atom is -0.480 e. The molecule has 0 bridgehead atoms. The van der Waals surface area contributed by atoms with Crippen molar-refractivity contribution < 1.29 is 14.6 Å². The standard InChI is InChI=1S/C14H17NO3.C2H6/c16-14(17)13(12-10-7-18-8-11(10)12)15-6-9-4-2-1-3-5-9;1-2/h1-5,10-13,15H,6-8H2,(H,16,17);1-2H3. The van der Waals surface area contributed by atoms with Gasteiger partial charge in [-0.2, -0.15) is 0 Å². The molecule has 3 unspecified atom stereocenters. The number of hydrogen-bond acceptors (Lipinski definition) is 3. The lowest BCUT2D eigenvalue weighted by Gasteiger charge is -2.16. The first-order valence-electron chi connectivity index (χ1n) is 7.35. The van der Waals surface area contributed by atoms with Crippen LogP contribution in [0.15, 0.2) is 30.3 Å². The van der Waals surface area contributed by atoms with E-state index in [9.17, 15) is 9.90 Å². The van der Waals surface area contributed by atoms with E-state index in [1.54, 1.807) is 0 Å². The van der Waals surface area contributed by atoms with Crippen LogP contribution in [0, 0.1) is 17.8 Å². The van der Waals surface area contributed by atoms with Crippen molar-refractivity contribution in [3.05, 3.63) is 35.9 Å². The van der Waals surface area contributed by atoms with Crippen molar-refractivity contribution in [2.45, 2.75) is 26.4 Å². The van der Waals surface area contributed by atoms with Gasteiger partial charge in [0, 0.05) is 6.54 Å². The first kappa shape index (κ1) is 15.0. The zero-order valence-electron chi connectivity index (χ0n) is 12.1. The Morgan fingerprint density at radius 3 is 2.45 bits per heavy atom. The molecule has 1 saturated heterocycles. The van der Waals surface area contributed by atoms with Gasteiger partial charge in [0.1, 0.15) is 6.04 Å². The molecule has 0 amide bonds. The molecule has 0 spiro atoms. The van der Waals surface area contributed by atoms with E-state index in [1.165, 1.54) is 0 Å². The molecule has 2 N–H and O–H groups in total. The molecule has 4 heteroatoms. The van der Waals surface area contributed by atoms with Crippen molar-refractivity contribution in [2.24, 2.45) is 17.8 Å². The smallest absolute Gasteiger partial charge is 0.321 e. The molecule has 1 aromatic carbocycles. The fourth-order valence-corrected chi connectivity index (χ4v) is 2.99. The summed E-state index contributed by atoms with van der Waals surface area (Å²) < 4.78 is 5.31. The molecule has 1 aromatic rings. The molecule has 20 heavy (non-hydrogen) atoms. The zero-order chi connectivity index (χ0) is 14.5. The van der Waals surface area contributed by atoms with Gasteiger partial charge in [-0.1, -0.05) is 44.2 Å². The van der Waals surface area contributed by atoms with Crippen LogP contribution in [-0.2, 0) is 16.1 Å². The number of ether oxygens (including phenoxy) is 1. The van der Waals surface area contributed by atoms with Crippen molar-refractivity contribution in [1.29, 1.82) is 0 Å². The molecule has 3 atom stereocenters. The first-order valence-corrected chi connectivity index (χ1v) is 7.35. The molecule has 0 aromatic heterocycles. The van der Waals surface area contributed by atoms with Crippen LogP contribution in [0.25, 0.3) is 0 Å². The largest absolute Gasteiger partial charge is 0.480 e. The quantitative estimate of drug-likeness (QED) is 0.866. The van der Waals surface area contributed by atoms with E-state index in [1.807, 2.05) is 44.2 Å². The highest BCUT2D eigenvalue weighted by atomic mass is 16.5. The van der Waals surface area contributed by atoms with Crippen molar-refractivity contribution in [3.63, 3.8) is 0 Å². The van der Waals surface area contributed by atoms with Gasteiger partial charge in [0.05, 0.1) is 13.2 Å². The fraction of sp³-hybridized carbons (Fsp3) is 0.562. The van der Waals surface area contributed by atoms with Crippen LogP contribution >= 0.6 is 0 Å². The molecule has 1 heterocycles. The molecule has 110 valence electrons. The summed E-state index contributed by atoms with van der Waals surface area (Å²) in [4.78, 5) is 11.3. The van der Waals surface area contributed by atoms with E-state index in [-0.39, 0.29) is 5.92 Å². The third-order valence-electron chi connectivity index (χ3n) is 4.04. The number of rotatable bonds is 5. The summed E-state index contributed by atoms with van der Waals surface area (Å²) in [7, 11) is 0. The minimum absolute atomic E-state index is 0.250. The Hall–Kier alpha value is -1.39. The third kappa shape index (κ3) is 3.19. The van der Waals surface area contributed by atoms with Gasteiger partial charge in [-0.05, 0) is 23.3 Å². The van der Waals surface area contributed by atoms with Crippen molar-refractivity contribution in [1.82, 2.24) is 5.32 Å². The van der Waals surface area contributed by atoms with Crippen LogP contribution in [0.3, 0.4) is 0 Å². The van der Waals surface area contributed by atoms with Crippen LogP contribution in [-0.4, -0.2) is 30.3 Å². The molecule has 2 aliphatic rings. The second-order valence-electron chi connectivity index (χ2n) is 5.12.